The molecule has 1 aromatic heterocycles. The van der Waals surface area contributed by atoms with Crippen molar-refractivity contribution in [1.29, 1.82) is 0 Å². The molecular formula is C25H27N3O. The van der Waals surface area contributed by atoms with Gasteiger partial charge in [-0.25, -0.2) is 0 Å². The Hall–Kier alpha value is -3.14. The minimum absolute atomic E-state index is 0.0653. The molecule has 4 heteroatoms. The van der Waals surface area contributed by atoms with Crippen LogP contribution < -0.4 is 10.2 Å². The molecule has 1 aliphatic rings. The minimum Gasteiger partial charge on any atom is -0.384 e. The van der Waals surface area contributed by atoms with E-state index >= 15 is 0 Å². The van der Waals surface area contributed by atoms with Crippen molar-refractivity contribution in [2.75, 3.05) is 16.8 Å². The molecule has 0 spiro atoms. The molecule has 4 nitrogen and oxygen atoms in total. The van der Waals surface area contributed by atoms with Crippen LogP contribution in [0, 0.1) is 0 Å². The molecule has 0 saturated heterocycles. The highest BCUT2D eigenvalue weighted by molar-refractivity contribution is 6.13. The number of hydrogen-bond acceptors (Lipinski definition) is 3. The largest absolute Gasteiger partial charge is 0.384 e. The number of benzene rings is 2. The van der Waals surface area contributed by atoms with Crippen molar-refractivity contribution >= 4 is 17.3 Å². The molecule has 3 aromatic rings. The lowest BCUT2D eigenvalue weighted by Crippen LogP contribution is -2.23. The van der Waals surface area contributed by atoms with Crippen LogP contribution in [0.25, 0.3) is 0 Å². The Balaban J connectivity index is 1.50. The summed E-state index contributed by atoms with van der Waals surface area (Å²) >= 11 is 0. The number of carbonyl (C=O) groups excluding carboxylic acids is 1. The third-order valence-corrected chi connectivity index (χ3v) is 5.46. The lowest BCUT2D eigenvalue weighted by molar-refractivity contribution is 0.0997. The smallest absolute Gasteiger partial charge is 0.261 e. The molecule has 1 N–H and O–H groups in total. The van der Waals surface area contributed by atoms with E-state index < -0.39 is 0 Å². The molecule has 2 aromatic carbocycles. The van der Waals surface area contributed by atoms with Crippen molar-refractivity contribution in [1.82, 2.24) is 4.98 Å². The summed E-state index contributed by atoms with van der Waals surface area (Å²) in [5.74, 6) is 0.0653. The highest BCUT2D eigenvalue weighted by atomic mass is 16.2. The van der Waals surface area contributed by atoms with Gasteiger partial charge in [0, 0.05) is 30.3 Å². The summed E-state index contributed by atoms with van der Waals surface area (Å²) in [4.78, 5) is 19.1. The molecule has 0 aliphatic carbocycles. The SMILES string of the molecule is CC(C)(C)c1ccc(N2Cc3cccc(NCCc4ccncc4)c3C2=O)cc1. The van der Waals surface area contributed by atoms with Gasteiger partial charge in [0.15, 0.2) is 0 Å². The second-order valence-electron chi connectivity index (χ2n) is 8.56. The maximum absolute atomic E-state index is 13.2. The Morgan fingerprint density at radius 3 is 2.41 bits per heavy atom. The van der Waals surface area contributed by atoms with Crippen molar-refractivity contribution in [2.45, 2.75) is 39.2 Å². The number of anilines is 2. The Labute approximate surface area is 172 Å². The van der Waals surface area contributed by atoms with Crippen LogP contribution in [0.4, 0.5) is 11.4 Å². The van der Waals surface area contributed by atoms with Gasteiger partial charge < -0.3 is 10.2 Å². The average Bonchev–Trinajstić information content (AvgIpc) is 3.06. The van der Waals surface area contributed by atoms with Crippen molar-refractivity contribution in [3.05, 3.63) is 89.2 Å². The first-order valence-corrected chi connectivity index (χ1v) is 10.1. The second-order valence-corrected chi connectivity index (χ2v) is 8.56. The van der Waals surface area contributed by atoms with E-state index in [0.29, 0.717) is 6.54 Å². The van der Waals surface area contributed by atoms with Crippen molar-refractivity contribution in [2.24, 2.45) is 0 Å². The van der Waals surface area contributed by atoms with Gasteiger partial charge in [-0.1, -0.05) is 45.0 Å². The van der Waals surface area contributed by atoms with Gasteiger partial charge >= 0.3 is 0 Å². The van der Waals surface area contributed by atoms with Crippen molar-refractivity contribution < 1.29 is 4.79 Å². The van der Waals surface area contributed by atoms with Crippen LogP contribution in [0.5, 0.6) is 0 Å². The predicted octanol–water partition coefficient (Wildman–Crippen LogP) is 5.19. The Kier molecular flexibility index (Phi) is 5.10. The quantitative estimate of drug-likeness (QED) is 0.657. The maximum Gasteiger partial charge on any atom is 0.261 e. The fraction of sp³-hybridized carbons (Fsp3) is 0.280. The predicted molar refractivity (Wildman–Crippen MR) is 119 cm³/mol. The summed E-state index contributed by atoms with van der Waals surface area (Å²) in [5.41, 5.74) is 6.32. The molecule has 29 heavy (non-hydrogen) atoms. The zero-order valence-electron chi connectivity index (χ0n) is 17.3. The van der Waals surface area contributed by atoms with Crippen LogP contribution >= 0.6 is 0 Å². The van der Waals surface area contributed by atoms with Crippen LogP contribution in [-0.2, 0) is 18.4 Å². The van der Waals surface area contributed by atoms with Crippen molar-refractivity contribution in [3.8, 4) is 0 Å². The first kappa shape index (κ1) is 19.2. The summed E-state index contributed by atoms with van der Waals surface area (Å²) in [6, 6.07) is 18.5. The highest BCUT2D eigenvalue weighted by Crippen LogP contribution is 2.34. The zero-order valence-corrected chi connectivity index (χ0v) is 17.3. The first-order valence-electron chi connectivity index (χ1n) is 10.1. The summed E-state index contributed by atoms with van der Waals surface area (Å²) in [6.07, 6.45) is 4.50. The van der Waals surface area contributed by atoms with Crippen LogP contribution in [0.3, 0.4) is 0 Å². The number of nitrogens with zero attached hydrogens (tertiary/aromatic N) is 2. The molecule has 4 rings (SSSR count). The molecule has 0 bridgehead atoms. The third kappa shape index (κ3) is 4.02. The van der Waals surface area contributed by atoms with Crippen LogP contribution in [-0.4, -0.2) is 17.4 Å². The molecular weight excluding hydrogens is 358 g/mol. The van der Waals surface area contributed by atoms with E-state index in [4.69, 9.17) is 0 Å². The molecule has 0 atom stereocenters. The van der Waals surface area contributed by atoms with Gasteiger partial charge in [-0.3, -0.25) is 9.78 Å². The topological polar surface area (TPSA) is 45.2 Å². The fourth-order valence-electron chi connectivity index (χ4n) is 3.75. The molecule has 1 aliphatic heterocycles. The van der Waals surface area contributed by atoms with E-state index in [1.54, 1.807) is 0 Å². The Morgan fingerprint density at radius 1 is 1.00 bits per heavy atom. The number of fused-ring (bicyclic) bond motifs is 1. The number of carbonyl (C=O) groups is 1. The van der Waals surface area contributed by atoms with Gasteiger partial charge in [0.2, 0.25) is 0 Å². The van der Waals surface area contributed by atoms with Crippen molar-refractivity contribution in [3.63, 3.8) is 0 Å². The number of hydrogen-bond donors (Lipinski definition) is 1. The molecule has 1 amide bonds. The number of rotatable bonds is 5. The van der Waals surface area contributed by atoms with E-state index in [2.05, 4.69) is 55.3 Å². The monoisotopic (exact) mass is 385 g/mol. The van der Waals surface area contributed by atoms with Gasteiger partial charge in [0.25, 0.3) is 5.91 Å². The third-order valence-electron chi connectivity index (χ3n) is 5.46. The minimum atomic E-state index is 0.0653. The van der Waals surface area contributed by atoms with Gasteiger partial charge in [-0.05, 0) is 58.9 Å². The lowest BCUT2D eigenvalue weighted by Gasteiger charge is -2.21. The number of amides is 1. The highest BCUT2D eigenvalue weighted by Gasteiger charge is 2.31. The van der Waals surface area contributed by atoms with E-state index in [1.807, 2.05) is 47.6 Å². The number of pyridine rings is 1. The average molecular weight is 386 g/mol. The van der Waals surface area contributed by atoms with Crippen LogP contribution in [0.15, 0.2) is 67.0 Å². The van der Waals surface area contributed by atoms with E-state index in [9.17, 15) is 4.79 Å². The normalized spacial score (nSPS) is 13.5. The van der Waals surface area contributed by atoms with E-state index in [1.165, 1.54) is 11.1 Å². The Bertz CT molecular complexity index is 1000. The fourth-order valence-corrected chi connectivity index (χ4v) is 3.75. The summed E-state index contributed by atoms with van der Waals surface area (Å²) < 4.78 is 0. The molecule has 2 heterocycles. The van der Waals surface area contributed by atoms with Crippen LogP contribution in [0.1, 0.15) is 47.8 Å². The first-order chi connectivity index (χ1) is 13.9. The summed E-state index contributed by atoms with van der Waals surface area (Å²) in [7, 11) is 0. The van der Waals surface area contributed by atoms with Crippen LogP contribution in [0.2, 0.25) is 0 Å². The van der Waals surface area contributed by atoms with E-state index in [0.717, 1.165) is 35.5 Å². The standard InChI is InChI=1S/C25H27N3O/c1-25(2,3)20-7-9-21(10-8-20)28-17-19-5-4-6-22(23(19)24(28)29)27-16-13-18-11-14-26-15-12-18/h4-12,14-15,27H,13,16-17H2,1-3H3. The number of aromatic nitrogens is 1. The lowest BCUT2D eigenvalue weighted by atomic mass is 9.87. The summed E-state index contributed by atoms with van der Waals surface area (Å²) in [5, 5.41) is 3.46. The second kappa shape index (κ2) is 7.70. The number of nitrogens with one attached hydrogen (secondary N) is 1. The van der Waals surface area contributed by atoms with Gasteiger partial charge in [-0.2, -0.15) is 0 Å². The molecule has 0 fully saturated rings. The maximum atomic E-state index is 13.2. The molecule has 0 saturated carbocycles. The van der Waals surface area contributed by atoms with Gasteiger partial charge in [0.1, 0.15) is 0 Å². The molecule has 0 unspecified atom stereocenters. The Morgan fingerprint density at radius 2 is 1.72 bits per heavy atom. The molecule has 148 valence electrons. The van der Waals surface area contributed by atoms with E-state index in [-0.39, 0.29) is 11.3 Å². The van der Waals surface area contributed by atoms with Gasteiger partial charge in [0.05, 0.1) is 12.1 Å². The molecule has 0 radical (unpaired) electrons. The summed E-state index contributed by atoms with van der Waals surface area (Å²) in [6.45, 7) is 7.98. The van der Waals surface area contributed by atoms with Gasteiger partial charge in [-0.15, -0.1) is 0 Å². The zero-order chi connectivity index (χ0) is 20.4.